The van der Waals surface area contributed by atoms with Crippen molar-refractivity contribution in [3.8, 4) is 5.75 Å². The van der Waals surface area contributed by atoms with E-state index >= 15 is 0 Å². The number of para-hydroxylation sites is 1. The summed E-state index contributed by atoms with van der Waals surface area (Å²) in [6, 6.07) is 19.9. The highest BCUT2D eigenvalue weighted by molar-refractivity contribution is 8.00. The van der Waals surface area contributed by atoms with Gasteiger partial charge < -0.3 is 14.3 Å². The molecule has 224 valence electrons. The van der Waals surface area contributed by atoms with Gasteiger partial charge in [-0.3, -0.25) is 14.5 Å². The highest BCUT2D eigenvalue weighted by Gasteiger charge is 2.47. The topological polar surface area (TPSA) is 106 Å². The fraction of sp³-hybridized carbons (Fsp3) is 0.212. The fourth-order valence-electron chi connectivity index (χ4n) is 5.07. The van der Waals surface area contributed by atoms with Crippen molar-refractivity contribution in [1.29, 1.82) is 0 Å². The number of anilines is 1. The number of aromatic nitrogens is 2. The van der Waals surface area contributed by atoms with Gasteiger partial charge in [0, 0.05) is 11.1 Å². The Kier molecular flexibility index (Phi) is 7.77. The first-order valence-corrected chi connectivity index (χ1v) is 15.5. The highest BCUT2D eigenvalue weighted by Crippen LogP contribution is 2.45. The standard InChI is InChI=1S/C33H28FN3O5S2/c1-33(2,3)21-14-12-18(13-15-21)26-25(27(38)24-16-19-9-7-11-23(41-4)29(19)42-24)28(39)30(40)37(26)31-35-36-32(44-31)43-17-20-8-5-6-10-22(20)34/h5-16,26,39H,17H2,1-4H3. The molecule has 0 fully saturated rings. The van der Waals surface area contributed by atoms with Crippen LogP contribution < -0.4 is 9.64 Å². The van der Waals surface area contributed by atoms with E-state index in [4.69, 9.17) is 9.15 Å². The number of hydrogen-bond donors (Lipinski definition) is 1. The number of Topliss-reactive ketones (excluding diaryl/α,β-unsaturated/α-hetero) is 1. The Morgan fingerprint density at radius 2 is 1.84 bits per heavy atom. The molecule has 0 radical (unpaired) electrons. The maximum absolute atomic E-state index is 14.2. The molecule has 0 spiro atoms. The molecule has 1 unspecified atom stereocenters. The number of halogens is 1. The SMILES string of the molecule is COc1cccc2cc(C(=O)C3=C(O)C(=O)N(c4nnc(SCc5ccccc5F)s4)C3c3ccc(C(C)(C)C)cc3)oc12. The number of thioether (sulfide) groups is 1. The second-order valence-corrected chi connectivity index (χ2v) is 13.4. The van der Waals surface area contributed by atoms with E-state index in [1.165, 1.54) is 29.8 Å². The van der Waals surface area contributed by atoms with Gasteiger partial charge in [-0.15, -0.1) is 10.2 Å². The van der Waals surface area contributed by atoms with Crippen molar-refractivity contribution in [3.05, 3.63) is 112 Å². The van der Waals surface area contributed by atoms with Crippen molar-refractivity contribution in [2.45, 2.75) is 42.3 Å². The first-order chi connectivity index (χ1) is 21.1. The molecular weight excluding hydrogens is 602 g/mol. The van der Waals surface area contributed by atoms with Crippen LogP contribution in [-0.4, -0.2) is 34.1 Å². The average Bonchev–Trinajstić information content (AvgIpc) is 3.72. The first kappa shape index (κ1) is 29.6. The lowest BCUT2D eigenvalue weighted by Gasteiger charge is -2.25. The number of ether oxygens (including phenoxy) is 1. The van der Waals surface area contributed by atoms with E-state index in [0.717, 1.165) is 16.9 Å². The van der Waals surface area contributed by atoms with Gasteiger partial charge in [-0.2, -0.15) is 0 Å². The summed E-state index contributed by atoms with van der Waals surface area (Å²) in [6.45, 7) is 6.27. The Bertz CT molecular complexity index is 1920. The molecule has 1 aliphatic heterocycles. The van der Waals surface area contributed by atoms with Crippen LogP contribution in [0.4, 0.5) is 9.52 Å². The lowest BCUT2D eigenvalue weighted by molar-refractivity contribution is -0.117. The van der Waals surface area contributed by atoms with Gasteiger partial charge in [0.2, 0.25) is 10.9 Å². The van der Waals surface area contributed by atoms with Crippen molar-refractivity contribution in [2.75, 3.05) is 12.0 Å². The van der Waals surface area contributed by atoms with Crippen molar-refractivity contribution < 1.29 is 28.2 Å². The van der Waals surface area contributed by atoms with Gasteiger partial charge in [0.15, 0.2) is 27.2 Å². The quantitative estimate of drug-likeness (QED) is 0.105. The number of methoxy groups -OCH3 is 1. The van der Waals surface area contributed by atoms with Crippen LogP contribution in [0.25, 0.3) is 11.0 Å². The minimum Gasteiger partial charge on any atom is -0.503 e. The predicted octanol–water partition coefficient (Wildman–Crippen LogP) is 7.80. The minimum absolute atomic E-state index is 0.0459. The molecule has 1 N–H and O–H groups in total. The summed E-state index contributed by atoms with van der Waals surface area (Å²) >= 11 is 2.40. The van der Waals surface area contributed by atoms with Crippen LogP contribution in [0.5, 0.6) is 5.75 Å². The number of carbonyl (C=O) groups is 2. The molecule has 3 heterocycles. The third-order valence-corrected chi connectivity index (χ3v) is 9.51. The molecule has 0 saturated carbocycles. The molecule has 5 aromatic rings. The van der Waals surface area contributed by atoms with Crippen molar-refractivity contribution in [3.63, 3.8) is 0 Å². The van der Waals surface area contributed by atoms with E-state index < -0.39 is 23.5 Å². The fourth-order valence-corrected chi connectivity index (χ4v) is 6.92. The lowest BCUT2D eigenvalue weighted by atomic mass is 9.85. The molecule has 44 heavy (non-hydrogen) atoms. The maximum Gasteiger partial charge on any atom is 0.296 e. The molecule has 11 heteroatoms. The van der Waals surface area contributed by atoms with Gasteiger partial charge in [-0.05, 0) is 40.3 Å². The summed E-state index contributed by atoms with van der Waals surface area (Å²) in [5.74, 6) is -1.71. The zero-order valence-electron chi connectivity index (χ0n) is 24.3. The van der Waals surface area contributed by atoms with Crippen LogP contribution in [0.2, 0.25) is 0 Å². The van der Waals surface area contributed by atoms with Crippen LogP contribution in [0.1, 0.15) is 54.1 Å². The van der Waals surface area contributed by atoms with E-state index in [9.17, 15) is 19.1 Å². The van der Waals surface area contributed by atoms with Crippen molar-refractivity contribution in [2.24, 2.45) is 0 Å². The molecule has 0 bridgehead atoms. The number of furan rings is 1. The Morgan fingerprint density at radius 1 is 1.09 bits per heavy atom. The molecule has 3 aromatic carbocycles. The van der Waals surface area contributed by atoms with Crippen LogP contribution in [-0.2, 0) is 16.0 Å². The molecule has 1 atom stereocenters. The Morgan fingerprint density at radius 3 is 2.55 bits per heavy atom. The van der Waals surface area contributed by atoms with Gasteiger partial charge in [0.25, 0.3) is 5.91 Å². The Labute approximate surface area is 261 Å². The third kappa shape index (κ3) is 5.37. The lowest BCUT2D eigenvalue weighted by Crippen LogP contribution is -2.31. The maximum atomic E-state index is 14.2. The number of rotatable bonds is 8. The normalized spacial score (nSPS) is 15.4. The van der Waals surface area contributed by atoms with Crippen LogP contribution >= 0.6 is 23.1 Å². The van der Waals surface area contributed by atoms with Crippen molar-refractivity contribution >= 4 is 50.9 Å². The predicted molar refractivity (Wildman–Crippen MR) is 168 cm³/mol. The molecule has 2 aromatic heterocycles. The molecular formula is C33H28FN3O5S2. The summed E-state index contributed by atoms with van der Waals surface area (Å²) in [4.78, 5) is 29.0. The Hall–Kier alpha value is -4.48. The van der Waals surface area contributed by atoms with Gasteiger partial charge in [0.05, 0.1) is 18.7 Å². The number of amides is 1. The summed E-state index contributed by atoms with van der Waals surface area (Å²) < 4.78 is 26.0. The number of aliphatic hydroxyl groups excluding tert-OH is 1. The molecule has 0 aliphatic carbocycles. The van der Waals surface area contributed by atoms with Gasteiger partial charge in [-0.1, -0.05) is 98.5 Å². The van der Waals surface area contributed by atoms with E-state index in [1.807, 2.05) is 24.3 Å². The minimum atomic E-state index is -1.00. The number of benzene rings is 3. The van der Waals surface area contributed by atoms with Crippen LogP contribution in [0, 0.1) is 5.82 Å². The molecule has 1 amide bonds. The number of carbonyl (C=O) groups excluding carboxylic acids is 2. The number of nitrogens with zero attached hydrogens (tertiary/aromatic N) is 3. The molecule has 1 aliphatic rings. The smallest absolute Gasteiger partial charge is 0.296 e. The molecule has 8 nitrogen and oxygen atoms in total. The van der Waals surface area contributed by atoms with Crippen molar-refractivity contribution in [1.82, 2.24) is 10.2 Å². The second-order valence-electron chi connectivity index (χ2n) is 11.3. The van der Waals surface area contributed by atoms with E-state index in [1.54, 1.807) is 42.5 Å². The zero-order chi connectivity index (χ0) is 31.2. The number of fused-ring (bicyclic) bond motifs is 1. The number of ketones is 1. The third-order valence-electron chi connectivity index (χ3n) is 7.41. The monoisotopic (exact) mass is 629 g/mol. The summed E-state index contributed by atoms with van der Waals surface area (Å²) in [5.41, 5.74) is 2.29. The Balaban J connectivity index is 1.39. The van der Waals surface area contributed by atoms with E-state index in [-0.39, 0.29) is 27.7 Å². The highest BCUT2D eigenvalue weighted by atomic mass is 32.2. The molecule has 6 rings (SSSR count). The van der Waals surface area contributed by atoms with Gasteiger partial charge in [0.1, 0.15) is 5.82 Å². The molecule has 0 saturated heterocycles. The second kappa shape index (κ2) is 11.5. The van der Waals surface area contributed by atoms with E-state index in [2.05, 4.69) is 31.0 Å². The van der Waals surface area contributed by atoms with Crippen LogP contribution in [0.3, 0.4) is 0 Å². The zero-order valence-corrected chi connectivity index (χ0v) is 26.0. The average molecular weight is 630 g/mol. The summed E-state index contributed by atoms with van der Waals surface area (Å²) in [7, 11) is 1.50. The van der Waals surface area contributed by atoms with Gasteiger partial charge in [-0.25, -0.2) is 4.39 Å². The number of aliphatic hydroxyl groups is 1. The number of hydrogen-bond acceptors (Lipinski definition) is 9. The summed E-state index contributed by atoms with van der Waals surface area (Å²) in [6.07, 6.45) is 0. The van der Waals surface area contributed by atoms with E-state index in [0.29, 0.717) is 37.9 Å². The summed E-state index contributed by atoms with van der Waals surface area (Å²) in [5, 5.41) is 20.5. The first-order valence-electron chi connectivity index (χ1n) is 13.7. The van der Waals surface area contributed by atoms with Crippen LogP contribution in [0.15, 0.2) is 92.9 Å². The largest absolute Gasteiger partial charge is 0.503 e. The van der Waals surface area contributed by atoms with Gasteiger partial charge >= 0.3 is 0 Å².